The maximum atomic E-state index is 13.5. The number of hydrogen-bond acceptors (Lipinski definition) is 3. The highest BCUT2D eigenvalue weighted by Crippen LogP contribution is 2.21. The number of hydrogen-bond donors (Lipinski definition) is 2. The number of halogens is 2. The molecule has 0 aromatic heterocycles. The first kappa shape index (κ1) is 20.3. The zero-order valence-electron chi connectivity index (χ0n) is 15.4. The van der Waals surface area contributed by atoms with E-state index >= 15 is 0 Å². The van der Waals surface area contributed by atoms with Crippen molar-refractivity contribution in [2.75, 3.05) is 20.6 Å². The summed E-state index contributed by atoms with van der Waals surface area (Å²) in [5, 5.41) is 5.61. The highest BCUT2D eigenvalue weighted by atomic mass is 19.1. The van der Waals surface area contributed by atoms with Gasteiger partial charge in [-0.3, -0.25) is 9.59 Å². The minimum Gasteiger partial charge on any atom is -0.353 e. The van der Waals surface area contributed by atoms with Crippen LogP contribution in [0.3, 0.4) is 0 Å². The Balaban J connectivity index is 1.67. The first-order chi connectivity index (χ1) is 12.4. The van der Waals surface area contributed by atoms with Crippen LogP contribution in [-0.4, -0.2) is 49.4 Å². The van der Waals surface area contributed by atoms with Crippen molar-refractivity contribution in [2.24, 2.45) is 0 Å². The fourth-order valence-electron chi connectivity index (χ4n) is 3.28. The van der Waals surface area contributed by atoms with E-state index in [9.17, 15) is 18.4 Å². The van der Waals surface area contributed by atoms with Gasteiger partial charge in [0.25, 0.3) is 5.91 Å². The second-order valence-corrected chi connectivity index (χ2v) is 7.03. The highest BCUT2D eigenvalue weighted by molar-refractivity contribution is 5.94. The van der Waals surface area contributed by atoms with Gasteiger partial charge in [-0.1, -0.05) is 0 Å². The SMILES string of the molecule is CN(C)[C@@H]1CCC[C@H](NC(=O)CCCNC(=O)c2ccc(F)cc2F)C1. The molecule has 144 valence electrons. The van der Waals surface area contributed by atoms with E-state index in [0.717, 1.165) is 37.8 Å². The number of amides is 2. The lowest BCUT2D eigenvalue weighted by Crippen LogP contribution is -2.43. The Labute approximate surface area is 153 Å². The molecular formula is C19H27F2N3O2. The van der Waals surface area contributed by atoms with Crippen molar-refractivity contribution in [1.29, 1.82) is 0 Å². The smallest absolute Gasteiger partial charge is 0.254 e. The molecule has 2 rings (SSSR count). The largest absolute Gasteiger partial charge is 0.353 e. The minimum atomic E-state index is -0.895. The summed E-state index contributed by atoms with van der Waals surface area (Å²) in [4.78, 5) is 26.1. The van der Waals surface area contributed by atoms with E-state index in [-0.39, 0.29) is 24.1 Å². The first-order valence-corrected chi connectivity index (χ1v) is 9.06. The van der Waals surface area contributed by atoms with Crippen molar-refractivity contribution < 1.29 is 18.4 Å². The van der Waals surface area contributed by atoms with Crippen molar-refractivity contribution in [1.82, 2.24) is 15.5 Å². The van der Waals surface area contributed by atoms with E-state index in [0.29, 0.717) is 24.9 Å². The van der Waals surface area contributed by atoms with E-state index < -0.39 is 17.5 Å². The molecular weight excluding hydrogens is 340 g/mol. The van der Waals surface area contributed by atoms with Crippen molar-refractivity contribution in [3.63, 3.8) is 0 Å². The van der Waals surface area contributed by atoms with E-state index in [1.165, 1.54) is 0 Å². The Morgan fingerprint density at radius 1 is 1.23 bits per heavy atom. The molecule has 0 saturated heterocycles. The van der Waals surface area contributed by atoms with Gasteiger partial charge in [-0.2, -0.15) is 0 Å². The molecule has 1 aromatic rings. The zero-order chi connectivity index (χ0) is 19.1. The van der Waals surface area contributed by atoms with Crippen LogP contribution in [0.1, 0.15) is 48.9 Å². The minimum absolute atomic E-state index is 0.0309. The highest BCUT2D eigenvalue weighted by Gasteiger charge is 2.24. The molecule has 0 spiro atoms. The molecule has 1 saturated carbocycles. The van der Waals surface area contributed by atoms with Gasteiger partial charge in [0.1, 0.15) is 11.6 Å². The monoisotopic (exact) mass is 367 g/mol. The fourth-order valence-corrected chi connectivity index (χ4v) is 3.28. The van der Waals surface area contributed by atoms with Crippen molar-refractivity contribution in [2.45, 2.75) is 50.6 Å². The number of nitrogens with zero attached hydrogens (tertiary/aromatic N) is 1. The summed E-state index contributed by atoms with van der Waals surface area (Å²) < 4.78 is 26.4. The summed E-state index contributed by atoms with van der Waals surface area (Å²) in [6, 6.07) is 3.52. The third-order valence-electron chi connectivity index (χ3n) is 4.78. The second kappa shape index (κ2) is 9.62. The first-order valence-electron chi connectivity index (χ1n) is 9.06. The molecule has 26 heavy (non-hydrogen) atoms. The summed E-state index contributed by atoms with van der Waals surface area (Å²) in [6.45, 7) is 0.258. The maximum Gasteiger partial charge on any atom is 0.254 e. The lowest BCUT2D eigenvalue weighted by molar-refractivity contribution is -0.122. The van der Waals surface area contributed by atoms with Crippen LogP contribution in [0.2, 0.25) is 0 Å². The number of carbonyl (C=O) groups excluding carboxylic acids is 2. The molecule has 2 atom stereocenters. The number of nitrogens with one attached hydrogen (secondary N) is 2. The van der Waals surface area contributed by atoms with E-state index in [1.807, 2.05) is 0 Å². The summed E-state index contributed by atoms with van der Waals surface area (Å²) in [5.41, 5.74) is -0.201. The molecule has 0 aliphatic heterocycles. The van der Waals surface area contributed by atoms with Gasteiger partial charge in [0.2, 0.25) is 5.91 Å². The van der Waals surface area contributed by atoms with Gasteiger partial charge in [-0.15, -0.1) is 0 Å². The lowest BCUT2D eigenvalue weighted by atomic mass is 9.90. The van der Waals surface area contributed by atoms with Crippen LogP contribution in [0.5, 0.6) is 0 Å². The molecule has 1 fully saturated rings. The lowest BCUT2D eigenvalue weighted by Gasteiger charge is -2.33. The zero-order valence-corrected chi connectivity index (χ0v) is 15.4. The quantitative estimate of drug-likeness (QED) is 0.728. The molecule has 0 radical (unpaired) electrons. The van der Waals surface area contributed by atoms with Gasteiger partial charge in [0, 0.05) is 31.1 Å². The number of carbonyl (C=O) groups is 2. The standard InChI is InChI=1S/C19H27F2N3O2/c1-24(2)15-6-3-5-14(12-15)23-18(25)7-4-10-22-19(26)16-9-8-13(20)11-17(16)21/h8-9,11,14-15H,3-7,10,12H2,1-2H3,(H,22,26)(H,23,25)/t14-,15+/m0/s1. The van der Waals surface area contributed by atoms with Gasteiger partial charge in [0.05, 0.1) is 5.56 Å². The van der Waals surface area contributed by atoms with Gasteiger partial charge in [-0.05, 0) is 58.3 Å². The predicted molar refractivity (Wildman–Crippen MR) is 95.8 cm³/mol. The Morgan fingerprint density at radius 2 is 2.00 bits per heavy atom. The van der Waals surface area contributed by atoms with Gasteiger partial charge >= 0.3 is 0 Å². The van der Waals surface area contributed by atoms with Crippen LogP contribution < -0.4 is 10.6 Å². The van der Waals surface area contributed by atoms with E-state index in [1.54, 1.807) is 0 Å². The van der Waals surface area contributed by atoms with Crippen molar-refractivity contribution >= 4 is 11.8 Å². The van der Waals surface area contributed by atoms with Crippen LogP contribution >= 0.6 is 0 Å². The summed E-state index contributed by atoms with van der Waals surface area (Å²) in [5.74, 6) is -2.26. The van der Waals surface area contributed by atoms with E-state index in [4.69, 9.17) is 0 Å². The predicted octanol–water partition coefficient (Wildman–Crippen LogP) is 2.46. The molecule has 2 amide bonds. The molecule has 1 aliphatic rings. The molecule has 0 unspecified atom stereocenters. The average Bonchev–Trinajstić information content (AvgIpc) is 2.58. The molecule has 7 heteroatoms. The van der Waals surface area contributed by atoms with Crippen molar-refractivity contribution in [3.8, 4) is 0 Å². The van der Waals surface area contributed by atoms with Crippen LogP contribution in [0.15, 0.2) is 18.2 Å². The summed E-state index contributed by atoms with van der Waals surface area (Å²) in [7, 11) is 4.11. The normalized spacial score (nSPS) is 20.0. The summed E-state index contributed by atoms with van der Waals surface area (Å²) in [6.07, 6.45) is 4.98. The van der Waals surface area contributed by atoms with Crippen LogP contribution in [-0.2, 0) is 4.79 Å². The Hall–Kier alpha value is -2.02. The van der Waals surface area contributed by atoms with Gasteiger partial charge < -0.3 is 15.5 Å². The molecule has 0 bridgehead atoms. The van der Waals surface area contributed by atoms with Crippen molar-refractivity contribution in [3.05, 3.63) is 35.4 Å². The Bertz CT molecular complexity index is 637. The van der Waals surface area contributed by atoms with Crippen LogP contribution in [0.4, 0.5) is 8.78 Å². The van der Waals surface area contributed by atoms with Gasteiger partial charge in [-0.25, -0.2) is 8.78 Å². The van der Waals surface area contributed by atoms with Crippen LogP contribution in [0, 0.1) is 11.6 Å². The molecule has 1 aromatic carbocycles. The Kier molecular flexibility index (Phi) is 7.50. The molecule has 1 aliphatic carbocycles. The molecule has 2 N–H and O–H groups in total. The average molecular weight is 367 g/mol. The third-order valence-corrected chi connectivity index (χ3v) is 4.78. The molecule has 0 heterocycles. The summed E-state index contributed by atoms with van der Waals surface area (Å²) >= 11 is 0. The topological polar surface area (TPSA) is 61.4 Å². The third kappa shape index (κ3) is 6.05. The second-order valence-electron chi connectivity index (χ2n) is 7.03. The number of rotatable bonds is 7. The Morgan fingerprint density at radius 3 is 2.69 bits per heavy atom. The fraction of sp³-hybridized carbons (Fsp3) is 0.579. The van der Waals surface area contributed by atoms with Crippen LogP contribution in [0.25, 0.3) is 0 Å². The van der Waals surface area contributed by atoms with E-state index in [2.05, 4.69) is 29.6 Å². The number of benzene rings is 1. The maximum absolute atomic E-state index is 13.5. The molecule has 5 nitrogen and oxygen atoms in total. The van der Waals surface area contributed by atoms with Gasteiger partial charge in [0.15, 0.2) is 0 Å².